The lowest BCUT2D eigenvalue weighted by molar-refractivity contribution is -0.120. The van der Waals surface area contributed by atoms with Crippen LogP contribution in [-0.4, -0.2) is 35.3 Å². The van der Waals surface area contributed by atoms with Crippen molar-refractivity contribution in [1.82, 2.24) is 10.6 Å². The molecule has 0 aromatic heterocycles. The number of halogens is 3. The van der Waals surface area contributed by atoms with E-state index in [2.05, 4.69) is 26.6 Å². The molecule has 1 aliphatic carbocycles. The van der Waals surface area contributed by atoms with E-state index in [0.29, 0.717) is 5.56 Å². The van der Waals surface area contributed by atoms with E-state index in [0.717, 1.165) is 47.5 Å². The van der Waals surface area contributed by atoms with Crippen LogP contribution < -0.4 is 15.4 Å². The number of aliphatic hydroxyl groups excluding tert-OH is 1. The molecule has 0 bridgehead atoms. The van der Waals surface area contributed by atoms with Crippen molar-refractivity contribution in [2.45, 2.75) is 62.8 Å². The third kappa shape index (κ3) is 5.30. The van der Waals surface area contributed by atoms with Gasteiger partial charge in [0.15, 0.2) is 0 Å². The predicted molar refractivity (Wildman–Crippen MR) is 120 cm³/mol. The Hall–Kier alpha value is -2.03. The van der Waals surface area contributed by atoms with Crippen molar-refractivity contribution < 1.29 is 23.4 Å². The Morgan fingerprint density at radius 1 is 1.25 bits per heavy atom. The van der Waals surface area contributed by atoms with E-state index >= 15 is 0 Å². The number of benzene rings is 2. The fourth-order valence-corrected chi connectivity index (χ4v) is 5.01. The van der Waals surface area contributed by atoms with Gasteiger partial charge >= 0.3 is 0 Å². The van der Waals surface area contributed by atoms with E-state index in [1.807, 2.05) is 18.2 Å². The first kappa shape index (κ1) is 23.1. The molecule has 2 aromatic rings. The van der Waals surface area contributed by atoms with Gasteiger partial charge < -0.3 is 20.5 Å². The number of ether oxygens (including phenoxy) is 1. The zero-order valence-electron chi connectivity index (χ0n) is 17.8. The van der Waals surface area contributed by atoms with Crippen molar-refractivity contribution in [2.75, 3.05) is 6.54 Å². The number of nitrogens with one attached hydrogen (secondary N) is 2. The minimum Gasteiger partial charge on any atom is -0.487 e. The van der Waals surface area contributed by atoms with E-state index in [-0.39, 0.29) is 30.5 Å². The molecule has 0 radical (unpaired) electrons. The van der Waals surface area contributed by atoms with Crippen LogP contribution in [0.25, 0.3) is 0 Å². The minimum absolute atomic E-state index is 0.0178. The van der Waals surface area contributed by atoms with Crippen LogP contribution >= 0.6 is 15.9 Å². The van der Waals surface area contributed by atoms with Gasteiger partial charge in [0, 0.05) is 42.0 Å². The average Bonchev–Trinajstić information content (AvgIpc) is 2.69. The monoisotopic (exact) mass is 508 g/mol. The maximum Gasteiger partial charge on any atom is 0.217 e. The van der Waals surface area contributed by atoms with Gasteiger partial charge in [-0.15, -0.1) is 0 Å². The van der Waals surface area contributed by atoms with Crippen LogP contribution in [0.15, 0.2) is 40.9 Å². The van der Waals surface area contributed by atoms with E-state index in [9.17, 15) is 18.7 Å². The smallest absolute Gasteiger partial charge is 0.217 e. The Labute approximate surface area is 194 Å². The van der Waals surface area contributed by atoms with Crippen molar-refractivity contribution in [3.8, 4) is 5.75 Å². The van der Waals surface area contributed by atoms with Gasteiger partial charge in [0.05, 0.1) is 12.1 Å². The SMILES string of the molecule is CC(=O)N[C@@H](Cc1cc(F)cc(F)c1)[C@@H](O)CN[C@H]1CC2(CCC2)Oc2ccc(Br)cc21. The molecule has 172 valence electrons. The van der Waals surface area contributed by atoms with E-state index in [4.69, 9.17) is 4.74 Å². The lowest BCUT2D eigenvalue weighted by atomic mass is 9.73. The Morgan fingerprint density at radius 3 is 2.59 bits per heavy atom. The molecule has 32 heavy (non-hydrogen) atoms. The molecule has 5 nitrogen and oxygen atoms in total. The standard InChI is InChI=1S/C24H27BrF2N2O3/c1-14(30)29-20(9-15-7-17(26)11-18(27)8-15)22(31)13-28-21-12-24(5-2-6-24)32-23-4-3-16(25)10-19(21)23/h3-4,7-8,10-11,20-22,28,31H,2,5-6,9,12-13H2,1H3,(H,29,30)/t20-,21-,22-/m0/s1. The van der Waals surface area contributed by atoms with Crippen LogP contribution in [0.5, 0.6) is 5.75 Å². The van der Waals surface area contributed by atoms with Gasteiger partial charge in [0.2, 0.25) is 5.91 Å². The zero-order chi connectivity index (χ0) is 22.9. The molecule has 1 aliphatic heterocycles. The number of hydrogen-bond donors (Lipinski definition) is 3. The topological polar surface area (TPSA) is 70.6 Å². The van der Waals surface area contributed by atoms with Crippen LogP contribution in [0.1, 0.15) is 49.8 Å². The van der Waals surface area contributed by atoms with E-state index in [1.54, 1.807) is 0 Å². The summed E-state index contributed by atoms with van der Waals surface area (Å²) in [5.41, 5.74) is 1.22. The molecule has 3 N–H and O–H groups in total. The Morgan fingerprint density at radius 2 is 1.97 bits per heavy atom. The van der Waals surface area contributed by atoms with E-state index in [1.165, 1.54) is 19.1 Å². The maximum absolute atomic E-state index is 13.6. The highest BCUT2D eigenvalue weighted by atomic mass is 79.9. The van der Waals surface area contributed by atoms with Crippen LogP contribution in [0.4, 0.5) is 8.78 Å². The summed E-state index contributed by atoms with van der Waals surface area (Å²) in [6.07, 6.45) is 3.09. The van der Waals surface area contributed by atoms with Crippen LogP contribution in [-0.2, 0) is 11.2 Å². The van der Waals surface area contributed by atoms with Crippen molar-refractivity contribution in [2.24, 2.45) is 0 Å². The number of carbonyl (C=O) groups excluding carboxylic acids is 1. The summed E-state index contributed by atoms with van der Waals surface area (Å²) < 4.78 is 34.4. The Kier molecular flexibility index (Phi) is 6.83. The van der Waals surface area contributed by atoms with Gasteiger partial charge in [-0.3, -0.25) is 4.79 Å². The van der Waals surface area contributed by atoms with Crippen LogP contribution in [0, 0.1) is 11.6 Å². The summed E-state index contributed by atoms with van der Waals surface area (Å²) in [4.78, 5) is 11.7. The molecule has 2 aliphatic rings. The minimum atomic E-state index is -0.957. The molecule has 0 unspecified atom stereocenters. The molecule has 1 saturated carbocycles. The lowest BCUT2D eigenvalue weighted by Crippen LogP contribution is -2.52. The first-order valence-electron chi connectivity index (χ1n) is 10.8. The summed E-state index contributed by atoms with van der Waals surface area (Å²) in [6, 6.07) is 8.44. The molecule has 0 saturated heterocycles. The number of carbonyl (C=O) groups is 1. The molecule has 4 rings (SSSR count). The molecule has 1 fully saturated rings. The molecule has 1 spiro atoms. The summed E-state index contributed by atoms with van der Waals surface area (Å²) in [7, 11) is 0. The van der Waals surface area contributed by atoms with Gasteiger partial charge in [0.25, 0.3) is 0 Å². The predicted octanol–water partition coefficient (Wildman–Crippen LogP) is 4.17. The normalized spacial score (nSPS) is 20.6. The Bertz CT molecular complexity index is 979. The van der Waals surface area contributed by atoms with Gasteiger partial charge in [-0.25, -0.2) is 8.78 Å². The molecule has 1 amide bonds. The number of rotatable bonds is 7. The molecule has 8 heteroatoms. The third-order valence-electron chi connectivity index (χ3n) is 6.32. The lowest BCUT2D eigenvalue weighted by Gasteiger charge is -2.48. The second kappa shape index (κ2) is 9.45. The first-order chi connectivity index (χ1) is 15.2. The highest BCUT2D eigenvalue weighted by Gasteiger charge is 2.45. The van der Waals surface area contributed by atoms with Crippen molar-refractivity contribution in [1.29, 1.82) is 0 Å². The fraction of sp³-hybridized carbons (Fsp3) is 0.458. The number of aliphatic hydroxyl groups is 1. The number of hydrogen-bond acceptors (Lipinski definition) is 4. The van der Waals surface area contributed by atoms with Gasteiger partial charge in [-0.2, -0.15) is 0 Å². The van der Waals surface area contributed by atoms with Crippen LogP contribution in [0.2, 0.25) is 0 Å². The second-order valence-electron chi connectivity index (χ2n) is 8.84. The summed E-state index contributed by atoms with van der Waals surface area (Å²) in [5, 5.41) is 17.0. The second-order valence-corrected chi connectivity index (χ2v) is 9.76. The molecule has 2 aromatic carbocycles. The quantitative estimate of drug-likeness (QED) is 0.524. The summed E-state index contributed by atoms with van der Waals surface area (Å²) in [5.74, 6) is -0.853. The molecule has 3 atom stereocenters. The number of amides is 1. The summed E-state index contributed by atoms with van der Waals surface area (Å²) >= 11 is 3.52. The number of fused-ring (bicyclic) bond motifs is 1. The maximum atomic E-state index is 13.6. The highest BCUT2D eigenvalue weighted by Crippen LogP contribution is 2.49. The fourth-order valence-electron chi connectivity index (χ4n) is 4.63. The third-order valence-corrected chi connectivity index (χ3v) is 6.81. The molecule has 1 heterocycles. The van der Waals surface area contributed by atoms with Crippen molar-refractivity contribution in [3.05, 3.63) is 63.6 Å². The molecular weight excluding hydrogens is 482 g/mol. The highest BCUT2D eigenvalue weighted by molar-refractivity contribution is 9.10. The first-order valence-corrected chi connectivity index (χ1v) is 11.6. The largest absolute Gasteiger partial charge is 0.487 e. The average molecular weight is 509 g/mol. The van der Waals surface area contributed by atoms with Crippen molar-refractivity contribution >= 4 is 21.8 Å². The van der Waals surface area contributed by atoms with Gasteiger partial charge in [0.1, 0.15) is 23.0 Å². The Balaban J connectivity index is 1.48. The van der Waals surface area contributed by atoms with Gasteiger partial charge in [-0.05, 0) is 61.6 Å². The zero-order valence-corrected chi connectivity index (χ0v) is 19.4. The van der Waals surface area contributed by atoms with E-state index < -0.39 is 23.8 Å². The van der Waals surface area contributed by atoms with Crippen LogP contribution in [0.3, 0.4) is 0 Å². The molecular formula is C24H27BrF2N2O3. The van der Waals surface area contributed by atoms with Crippen molar-refractivity contribution in [3.63, 3.8) is 0 Å². The van der Waals surface area contributed by atoms with Gasteiger partial charge in [-0.1, -0.05) is 15.9 Å². The summed E-state index contributed by atoms with van der Waals surface area (Å²) in [6.45, 7) is 1.56.